The van der Waals surface area contributed by atoms with Crippen LogP contribution >= 0.6 is 0 Å². The topological polar surface area (TPSA) is 55.4 Å². The molecule has 4 nitrogen and oxygen atoms in total. The fourth-order valence-corrected chi connectivity index (χ4v) is 1.48. The molecule has 0 aliphatic rings. The molecular weight excluding hydrogens is 287 g/mol. The van der Waals surface area contributed by atoms with Crippen LogP contribution in [0, 0.1) is 0 Å². The van der Waals surface area contributed by atoms with E-state index in [4.69, 9.17) is 4.74 Å². The van der Waals surface area contributed by atoms with Crippen molar-refractivity contribution in [2.75, 3.05) is 0 Å². The Kier molecular flexibility index (Phi) is 6.20. The van der Waals surface area contributed by atoms with Crippen LogP contribution in [0.1, 0.15) is 25.3 Å². The molecule has 0 heterocycles. The molecule has 0 saturated carbocycles. The van der Waals surface area contributed by atoms with Crippen molar-refractivity contribution in [1.82, 2.24) is 5.32 Å². The van der Waals surface area contributed by atoms with Gasteiger partial charge >= 0.3 is 12.1 Å². The zero-order valence-corrected chi connectivity index (χ0v) is 11.4. The van der Waals surface area contributed by atoms with Crippen LogP contribution in [0.4, 0.5) is 13.2 Å². The molecule has 116 valence electrons. The average Bonchev–Trinajstić information content (AvgIpc) is 2.43. The molecule has 1 aromatic carbocycles. The standard InChI is InChI=1S/C14H16F3NO3/c1-10(18-12(19)7-8-14(15,16)17)13(20)21-9-11-5-3-2-4-6-11/h2-6,10H,7-9H2,1H3,(H,18,19). The third-order valence-corrected chi connectivity index (χ3v) is 2.59. The van der Waals surface area contributed by atoms with E-state index < -0.39 is 36.9 Å². The lowest BCUT2D eigenvalue weighted by Gasteiger charge is -2.14. The molecule has 21 heavy (non-hydrogen) atoms. The van der Waals surface area contributed by atoms with E-state index in [1.165, 1.54) is 6.92 Å². The Hall–Kier alpha value is -2.05. The zero-order chi connectivity index (χ0) is 15.9. The highest BCUT2D eigenvalue weighted by Gasteiger charge is 2.28. The number of benzene rings is 1. The second-order valence-corrected chi connectivity index (χ2v) is 4.50. The van der Waals surface area contributed by atoms with Crippen molar-refractivity contribution in [2.45, 2.75) is 38.6 Å². The first kappa shape index (κ1) is 17.0. The van der Waals surface area contributed by atoms with Gasteiger partial charge in [0.05, 0.1) is 6.42 Å². The predicted octanol–water partition coefficient (Wildman–Crippen LogP) is 2.58. The summed E-state index contributed by atoms with van der Waals surface area (Å²) in [6, 6.07) is 7.92. The first-order chi connectivity index (χ1) is 9.78. The monoisotopic (exact) mass is 303 g/mol. The number of rotatable bonds is 6. The van der Waals surface area contributed by atoms with Crippen LogP contribution in [0.15, 0.2) is 30.3 Å². The van der Waals surface area contributed by atoms with E-state index in [-0.39, 0.29) is 6.61 Å². The summed E-state index contributed by atoms with van der Waals surface area (Å²) in [6.07, 6.45) is -6.32. The molecular formula is C14H16F3NO3. The van der Waals surface area contributed by atoms with Crippen LogP contribution in [0.2, 0.25) is 0 Å². The maximum Gasteiger partial charge on any atom is 0.389 e. The smallest absolute Gasteiger partial charge is 0.389 e. The summed E-state index contributed by atoms with van der Waals surface area (Å²) in [6.45, 7) is 1.40. The fraction of sp³-hybridized carbons (Fsp3) is 0.429. The summed E-state index contributed by atoms with van der Waals surface area (Å²) < 4.78 is 40.8. The molecule has 0 bridgehead atoms. The van der Waals surface area contributed by atoms with E-state index in [1.54, 1.807) is 24.3 Å². The van der Waals surface area contributed by atoms with Crippen LogP contribution in [0.5, 0.6) is 0 Å². The van der Waals surface area contributed by atoms with Crippen LogP contribution in [-0.2, 0) is 20.9 Å². The third-order valence-electron chi connectivity index (χ3n) is 2.59. The van der Waals surface area contributed by atoms with Crippen molar-refractivity contribution in [2.24, 2.45) is 0 Å². The number of hydrogen-bond donors (Lipinski definition) is 1. The molecule has 0 aliphatic heterocycles. The molecule has 1 rings (SSSR count). The van der Waals surface area contributed by atoms with Gasteiger partial charge in [-0.1, -0.05) is 30.3 Å². The summed E-state index contributed by atoms with van der Waals surface area (Å²) in [5, 5.41) is 2.18. The molecule has 0 fully saturated rings. The highest BCUT2D eigenvalue weighted by Crippen LogP contribution is 2.21. The molecule has 0 spiro atoms. The first-order valence-electron chi connectivity index (χ1n) is 6.34. The number of halogens is 3. The molecule has 0 radical (unpaired) electrons. The van der Waals surface area contributed by atoms with Crippen LogP contribution in [-0.4, -0.2) is 24.1 Å². The number of alkyl halides is 3. The van der Waals surface area contributed by atoms with Gasteiger partial charge in [-0.2, -0.15) is 13.2 Å². The number of carbonyl (C=O) groups excluding carboxylic acids is 2. The Bertz CT molecular complexity index is 474. The predicted molar refractivity (Wildman–Crippen MR) is 69.1 cm³/mol. The van der Waals surface area contributed by atoms with Gasteiger partial charge in [-0.25, -0.2) is 4.79 Å². The number of nitrogens with one attached hydrogen (secondary N) is 1. The minimum Gasteiger partial charge on any atom is -0.459 e. The largest absolute Gasteiger partial charge is 0.459 e. The average molecular weight is 303 g/mol. The van der Waals surface area contributed by atoms with Gasteiger partial charge < -0.3 is 10.1 Å². The van der Waals surface area contributed by atoms with Crippen molar-refractivity contribution >= 4 is 11.9 Å². The summed E-state index contributed by atoms with van der Waals surface area (Å²) in [4.78, 5) is 22.9. The van der Waals surface area contributed by atoms with Gasteiger partial charge in [0.2, 0.25) is 5.91 Å². The molecule has 0 saturated heterocycles. The number of carbonyl (C=O) groups is 2. The second kappa shape index (κ2) is 7.66. The molecule has 0 aliphatic carbocycles. The van der Waals surface area contributed by atoms with Crippen LogP contribution < -0.4 is 5.32 Å². The van der Waals surface area contributed by atoms with Crippen molar-refractivity contribution in [3.63, 3.8) is 0 Å². The molecule has 1 N–H and O–H groups in total. The number of hydrogen-bond acceptors (Lipinski definition) is 3. The van der Waals surface area contributed by atoms with Crippen molar-refractivity contribution in [3.8, 4) is 0 Å². The maximum atomic E-state index is 11.9. The first-order valence-corrected chi connectivity index (χ1v) is 6.34. The lowest BCUT2D eigenvalue weighted by atomic mass is 10.2. The van der Waals surface area contributed by atoms with Crippen molar-refractivity contribution in [3.05, 3.63) is 35.9 Å². The molecule has 1 amide bonds. The summed E-state index contributed by atoms with van der Waals surface area (Å²) in [5.74, 6) is -1.53. The van der Waals surface area contributed by atoms with E-state index in [1.807, 2.05) is 6.07 Å². The van der Waals surface area contributed by atoms with Gasteiger partial charge in [0.1, 0.15) is 12.6 Å². The highest BCUT2D eigenvalue weighted by atomic mass is 19.4. The van der Waals surface area contributed by atoms with Crippen LogP contribution in [0.25, 0.3) is 0 Å². The lowest BCUT2D eigenvalue weighted by molar-refractivity contribution is -0.150. The zero-order valence-electron chi connectivity index (χ0n) is 11.4. The Balaban J connectivity index is 2.32. The minimum absolute atomic E-state index is 0.0441. The molecule has 1 unspecified atom stereocenters. The normalized spacial score (nSPS) is 12.6. The Morgan fingerprint density at radius 2 is 1.86 bits per heavy atom. The number of amides is 1. The van der Waals surface area contributed by atoms with Crippen LogP contribution in [0.3, 0.4) is 0 Å². The van der Waals surface area contributed by atoms with Gasteiger partial charge in [0, 0.05) is 6.42 Å². The number of ether oxygens (including phenoxy) is 1. The highest BCUT2D eigenvalue weighted by molar-refractivity contribution is 5.84. The molecule has 1 atom stereocenters. The van der Waals surface area contributed by atoms with Gasteiger partial charge in [0.15, 0.2) is 0 Å². The van der Waals surface area contributed by atoms with Gasteiger partial charge in [-0.05, 0) is 12.5 Å². The minimum atomic E-state index is -4.39. The van der Waals surface area contributed by atoms with Gasteiger partial charge in [-0.3, -0.25) is 4.79 Å². The third kappa shape index (κ3) is 7.34. The fourth-order valence-electron chi connectivity index (χ4n) is 1.48. The second-order valence-electron chi connectivity index (χ2n) is 4.50. The van der Waals surface area contributed by atoms with E-state index in [2.05, 4.69) is 5.32 Å². The Labute approximate surface area is 120 Å². The summed E-state index contributed by atoms with van der Waals surface area (Å²) in [5.41, 5.74) is 0.779. The Morgan fingerprint density at radius 1 is 1.24 bits per heavy atom. The van der Waals surface area contributed by atoms with Crippen molar-refractivity contribution in [1.29, 1.82) is 0 Å². The van der Waals surface area contributed by atoms with E-state index in [0.717, 1.165) is 5.56 Å². The Morgan fingerprint density at radius 3 is 2.43 bits per heavy atom. The van der Waals surface area contributed by atoms with E-state index in [0.29, 0.717) is 0 Å². The lowest BCUT2D eigenvalue weighted by Crippen LogP contribution is -2.39. The van der Waals surface area contributed by atoms with Gasteiger partial charge in [0.25, 0.3) is 0 Å². The van der Waals surface area contributed by atoms with E-state index >= 15 is 0 Å². The summed E-state index contributed by atoms with van der Waals surface area (Å²) >= 11 is 0. The van der Waals surface area contributed by atoms with Gasteiger partial charge in [-0.15, -0.1) is 0 Å². The molecule has 1 aromatic rings. The quantitative estimate of drug-likeness (QED) is 0.822. The summed E-state index contributed by atoms with van der Waals surface area (Å²) in [7, 11) is 0. The SMILES string of the molecule is CC(NC(=O)CCC(F)(F)F)C(=O)OCc1ccccc1. The maximum absolute atomic E-state index is 11.9. The molecule has 0 aromatic heterocycles. The van der Waals surface area contributed by atoms with Crippen molar-refractivity contribution < 1.29 is 27.5 Å². The molecule has 7 heteroatoms. The van der Waals surface area contributed by atoms with E-state index in [9.17, 15) is 22.8 Å². The number of esters is 1.